The average Bonchev–Trinajstić information content (AvgIpc) is 3.23. The molecule has 2 nitrogen and oxygen atoms in total. The van der Waals surface area contributed by atoms with Gasteiger partial charge in [0, 0.05) is 17.0 Å². The maximum atomic E-state index is 6.32. The fourth-order valence-electron chi connectivity index (χ4n) is 3.91. The minimum Gasteiger partial charge on any atom is -0.475 e. The summed E-state index contributed by atoms with van der Waals surface area (Å²) in [6, 6.07) is 17.8. The van der Waals surface area contributed by atoms with E-state index in [1.807, 2.05) is 11.3 Å². The van der Waals surface area contributed by atoms with Gasteiger partial charge in [-0.3, -0.25) is 4.90 Å². The minimum atomic E-state index is 0.237. The van der Waals surface area contributed by atoms with Gasteiger partial charge in [0.05, 0.1) is 6.04 Å². The predicted octanol–water partition coefficient (Wildman–Crippen LogP) is 4.81. The van der Waals surface area contributed by atoms with Gasteiger partial charge >= 0.3 is 0 Å². The average molecular weight is 307 g/mol. The van der Waals surface area contributed by atoms with Crippen molar-refractivity contribution < 1.29 is 4.74 Å². The van der Waals surface area contributed by atoms with Crippen LogP contribution >= 0.6 is 11.3 Å². The van der Waals surface area contributed by atoms with E-state index in [1.165, 1.54) is 27.6 Å². The van der Waals surface area contributed by atoms with Gasteiger partial charge in [-0.05, 0) is 41.1 Å². The molecule has 1 aromatic heterocycles. The highest BCUT2D eigenvalue weighted by Crippen LogP contribution is 2.47. The molecule has 110 valence electrons. The molecule has 0 radical (unpaired) electrons. The minimum absolute atomic E-state index is 0.237. The number of fused-ring (bicyclic) bond motifs is 4. The molecule has 1 saturated heterocycles. The maximum Gasteiger partial charge on any atom is 0.153 e. The van der Waals surface area contributed by atoms with Crippen LogP contribution in [0.2, 0.25) is 0 Å². The van der Waals surface area contributed by atoms with Crippen molar-refractivity contribution in [3.8, 4) is 5.75 Å². The third-order valence-electron chi connectivity index (χ3n) is 4.85. The molecule has 22 heavy (non-hydrogen) atoms. The second kappa shape index (κ2) is 4.83. The molecule has 5 rings (SSSR count). The first kappa shape index (κ1) is 12.7. The number of benzene rings is 2. The summed E-state index contributed by atoms with van der Waals surface area (Å²) in [5, 5.41) is 4.80. The highest BCUT2D eigenvalue weighted by molar-refractivity contribution is 7.10. The van der Waals surface area contributed by atoms with Crippen molar-refractivity contribution in [3.05, 3.63) is 64.4 Å². The lowest BCUT2D eigenvalue weighted by Gasteiger charge is -2.39. The van der Waals surface area contributed by atoms with Gasteiger partial charge in [-0.1, -0.05) is 36.4 Å². The molecule has 0 saturated carbocycles. The number of thiophene rings is 1. The Labute approximate surface area is 133 Å². The summed E-state index contributed by atoms with van der Waals surface area (Å²) >= 11 is 1.85. The van der Waals surface area contributed by atoms with Crippen molar-refractivity contribution in [1.29, 1.82) is 0 Å². The van der Waals surface area contributed by atoms with Crippen LogP contribution < -0.4 is 4.74 Å². The molecule has 3 aromatic rings. The molecular formula is C19H17NOS. The second-order valence-corrected chi connectivity index (χ2v) is 7.05. The number of hydrogen-bond donors (Lipinski definition) is 0. The molecule has 2 unspecified atom stereocenters. The lowest BCUT2D eigenvalue weighted by Crippen LogP contribution is -2.41. The van der Waals surface area contributed by atoms with Gasteiger partial charge in [0.25, 0.3) is 0 Å². The van der Waals surface area contributed by atoms with Gasteiger partial charge in [0.15, 0.2) is 6.23 Å². The zero-order valence-corrected chi connectivity index (χ0v) is 13.1. The number of ether oxygens (including phenoxy) is 1. The van der Waals surface area contributed by atoms with Crippen LogP contribution in [0, 0.1) is 0 Å². The van der Waals surface area contributed by atoms with Crippen LogP contribution in [0.15, 0.2) is 53.9 Å². The SMILES string of the molecule is c1csc(C2c3c(ccc4ccccc34)OC3CCCN32)c1. The summed E-state index contributed by atoms with van der Waals surface area (Å²) in [6.45, 7) is 1.12. The van der Waals surface area contributed by atoms with E-state index in [0.717, 1.165) is 18.7 Å². The van der Waals surface area contributed by atoms with E-state index in [1.54, 1.807) is 0 Å². The fourth-order valence-corrected chi connectivity index (χ4v) is 4.76. The van der Waals surface area contributed by atoms with Crippen LogP contribution in [0.5, 0.6) is 5.75 Å². The zero-order chi connectivity index (χ0) is 14.5. The summed E-state index contributed by atoms with van der Waals surface area (Å²) in [6.07, 6.45) is 2.59. The normalized spacial score (nSPS) is 24.0. The van der Waals surface area contributed by atoms with E-state index >= 15 is 0 Å². The Balaban J connectivity index is 1.81. The van der Waals surface area contributed by atoms with Crippen LogP contribution in [0.25, 0.3) is 10.8 Å². The number of nitrogens with zero attached hydrogens (tertiary/aromatic N) is 1. The summed E-state index contributed by atoms with van der Waals surface area (Å²) in [5.74, 6) is 1.07. The number of rotatable bonds is 1. The van der Waals surface area contributed by atoms with Gasteiger partial charge in [-0.2, -0.15) is 0 Å². The highest BCUT2D eigenvalue weighted by atomic mass is 32.1. The van der Waals surface area contributed by atoms with Crippen molar-refractivity contribution in [2.24, 2.45) is 0 Å². The van der Waals surface area contributed by atoms with E-state index in [9.17, 15) is 0 Å². The molecule has 0 amide bonds. The molecule has 3 heterocycles. The molecule has 2 aliphatic rings. The molecule has 2 aromatic carbocycles. The Morgan fingerprint density at radius 1 is 1.05 bits per heavy atom. The van der Waals surface area contributed by atoms with E-state index in [-0.39, 0.29) is 6.23 Å². The molecule has 2 aliphatic heterocycles. The topological polar surface area (TPSA) is 12.5 Å². The third-order valence-corrected chi connectivity index (χ3v) is 5.77. The van der Waals surface area contributed by atoms with Gasteiger partial charge in [-0.15, -0.1) is 11.3 Å². The predicted molar refractivity (Wildman–Crippen MR) is 90.5 cm³/mol. The van der Waals surface area contributed by atoms with Crippen LogP contribution in [0.3, 0.4) is 0 Å². The van der Waals surface area contributed by atoms with Crippen LogP contribution in [-0.2, 0) is 0 Å². The quantitative estimate of drug-likeness (QED) is 0.640. The van der Waals surface area contributed by atoms with Crippen molar-refractivity contribution >= 4 is 22.1 Å². The zero-order valence-electron chi connectivity index (χ0n) is 12.2. The molecule has 0 aliphatic carbocycles. The first-order valence-corrected chi connectivity index (χ1v) is 8.77. The number of hydrogen-bond acceptors (Lipinski definition) is 3. The van der Waals surface area contributed by atoms with Crippen LogP contribution in [0.1, 0.15) is 29.3 Å². The van der Waals surface area contributed by atoms with Crippen molar-refractivity contribution in [1.82, 2.24) is 4.90 Å². The molecule has 0 N–H and O–H groups in total. The standard InChI is InChI=1S/C19H17NOS/c1-2-6-14-13(5-1)9-10-15-18(14)19(16-7-4-12-22-16)20-11-3-8-17(20)21-15/h1-2,4-7,9-10,12,17,19H,3,8,11H2. The first-order valence-electron chi connectivity index (χ1n) is 7.89. The Morgan fingerprint density at radius 2 is 2.00 bits per heavy atom. The van der Waals surface area contributed by atoms with E-state index in [0.29, 0.717) is 6.04 Å². The van der Waals surface area contributed by atoms with Gasteiger partial charge < -0.3 is 4.74 Å². The van der Waals surface area contributed by atoms with E-state index < -0.39 is 0 Å². The Bertz CT molecular complexity index is 827. The summed E-state index contributed by atoms with van der Waals surface area (Å²) in [7, 11) is 0. The Hall–Kier alpha value is -1.84. The van der Waals surface area contributed by atoms with Crippen LogP contribution in [0.4, 0.5) is 0 Å². The van der Waals surface area contributed by atoms with Gasteiger partial charge in [-0.25, -0.2) is 0 Å². The first-order chi connectivity index (χ1) is 10.9. The lowest BCUT2D eigenvalue weighted by atomic mass is 9.94. The fraction of sp³-hybridized carbons (Fsp3) is 0.263. The summed E-state index contributed by atoms with van der Waals surface area (Å²) in [4.78, 5) is 3.97. The van der Waals surface area contributed by atoms with Gasteiger partial charge in [0.2, 0.25) is 0 Å². The monoisotopic (exact) mass is 307 g/mol. The molecular weight excluding hydrogens is 290 g/mol. The Kier molecular flexibility index (Phi) is 2.79. The lowest BCUT2D eigenvalue weighted by molar-refractivity contribution is 0.0186. The largest absolute Gasteiger partial charge is 0.475 e. The summed E-state index contributed by atoms with van der Waals surface area (Å²) in [5.41, 5.74) is 1.35. The van der Waals surface area contributed by atoms with Crippen molar-refractivity contribution in [2.45, 2.75) is 25.1 Å². The molecule has 0 bridgehead atoms. The smallest absolute Gasteiger partial charge is 0.153 e. The molecule has 3 heteroatoms. The highest BCUT2D eigenvalue weighted by Gasteiger charge is 2.40. The van der Waals surface area contributed by atoms with Crippen molar-refractivity contribution in [3.63, 3.8) is 0 Å². The maximum absolute atomic E-state index is 6.32. The van der Waals surface area contributed by atoms with E-state index in [4.69, 9.17) is 4.74 Å². The molecule has 1 fully saturated rings. The summed E-state index contributed by atoms with van der Waals surface area (Å²) < 4.78 is 6.32. The molecule has 0 spiro atoms. The van der Waals surface area contributed by atoms with Gasteiger partial charge in [0.1, 0.15) is 5.75 Å². The second-order valence-electron chi connectivity index (χ2n) is 6.07. The van der Waals surface area contributed by atoms with Crippen LogP contribution in [-0.4, -0.2) is 17.7 Å². The van der Waals surface area contributed by atoms with E-state index in [2.05, 4.69) is 58.8 Å². The molecule has 2 atom stereocenters. The van der Waals surface area contributed by atoms with Crippen molar-refractivity contribution in [2.75, 3.05) is 6.54 Å². The Morgan fingerprint density at radius 3 is 2.91 bits per heavy atom. The third kappa shape index (κ3) is 1.76.